The zero-order chi connectivity index (χ0) is 17.8. The number of amides is 1. The van der Waals surface area contributed by atoms with Gasteiger partial charge in [-0.2, -0.15) is 0 Å². The van der Waals surface area contributed by atoms with Crippen molar-refractivity contribution in [3.8, 4) is 11.5 Å². The molecule has 6 heteroatoms. The fourth-order valence-corrected chi connectivity index (χ4v) is 2.97. The number of fused-ring (bicyclic) bond motifs is 1. The zero-order valence-electron chi connectivity index (χ0n) is 14.3. The number of anilines is 2. The van der Waals surface area contributed by atoms with Crippen molar-refractivity contribution >= 4 is 28.9 Å². The number of hydrogen-bond acceptors (Lipinski definition) is 4. The topological polar surface area (TPSA) is 50.8 Å². The minimum Gasteiger partial charge on any atom is -0.494 e. The maximum absolute atomic E-state index is 12.4. The molecule has 1 heterocycles. The van der Waals surface area contributed by atoms with Crippen molar-refractivity contribution in [3.05, 3.63) is 47.5 Å². The summed E-state index contributed by atoms with van der Waals surface area (Å²) in [4.78, 5) is 14.4. The van der Waals surface area contributed by atoms with Crippen molar-refractivity contribution in [2.45, 2.75) is 19.4 Å². The molecule has 0 unspecified atom stereocenters. The van der Waals surface area contributed by atoms with Crippen LogP contribution in [0, 0.1) is 0 Å². The van der Waals surface area contributed by atoms with E-state index in [-0.39, 0.29) is 11.9 Å². The summed E-state index contributed by atoms with van der Waals surface area (Å²) in [5.74, 6) is 1.51. The molecule has 1 atom stereocenters. The SMILES string of the molecule is CCOc1ccc(NC(=O)C[C@H]2COc3ccc(Cl)cc3N2C)cc1. The summed E-state index contributed by atoms with van der Waals surface area (Å²) in [7, 11) is 1.95. The van der Waals surface area contributed by atoms with Gasteiger partial charge in [0.05, 0.1) is 24.8 Å². The van der Waals surface area contributed by atoms with E-state index in [4.69, 9.17) is 21.1 Å². The Balaban J connectivity index is 1.61. The summed E-state index contributed by atoms with van der Waals surface area (Å²) >= 11 is 6.07. The predicted molar refractivity (Wildman–Crippen MR) is 100.0 cm³/mol. The lowest BCUT2D eigenvalue weighted by Gasteiger charge is -2.35. The highest BCUT2D eigenvalue weighted by Gasteiger charge is 2.27. The number of ether oxygens (including phenoxy) is 2. The maximum atomic E-state index is 12.4. The van der Waals surface area contributed by atoms with Gasteiger partial charge in [0.15, 0.2) is 0 Å². The van der Waals surface area contributed by atoms with Crippen LogP contribution in [-0.4, -0.2) is 32.2 Å². The van der Waals surface area contributed by atoms with E-state index in [1.54, 1.807) is 6.07 Å². The highest BCUT2D eigenvalue weighted by molar-refractivity contribution is 6.31. The lowest BCUT2D eigenvalue weighted by atomic mass is 10.1. The number of carbonyl (C=O) groups excluding carboxylic acids is 1. The van der Waals surface area contributed by atoms with Crippen LogP contribution in [0.5, 0.6) is 11.5 Å². The summed E-state index contributed by atoms with van der Waals surface area (Å²) < 4.78 is 11.2. The summed E-state index contributed by atoms with van der Waals surface area (Å²) in [5.41, 5.74) is 1.65. The number of nitrogens with zero attached hydrogens (tertiary/aromatic N) is 1. The summed E-state index contributed by atoms with van der Waals surface area (Å²) in [6, 6.07) is 12.8. The predicted octanol–water partition coefficient (Wildman–Crippen LogP) is 3.96. The molecule has 2 aromatic rings. The monoisotopic (exact) mass is 360 g/mol. The van der Waals surface area contributed by atoms with Gasteiger partial charge in [0.25, 0.3) is 0 Å². The third-order valence-electron chi connectivity index (χ3n) is 4.15. The second kappa shape index (κ2) is 7.66. The van der Waals surface area contributed by atoms with Gasteiger partial charge >= 0.3 is 0 Å². The van der Waals surface area contributed by atoms with Crippen LogP contribution in [0.15, 0.2) is 42.5 Å². The summed E-state index contributed by atoms with van der Waals surface area (Å²) in [5, 5.41) is 3.56. The van der Waals surface area contributed by atoms with Crippen molar-refractivity contribution in [1.82, 2.24) is 0 Å². The van der Waals surface area contributed by atoms with Crippen LogP contribution < -0.4 is 19.7 Å². The Labute approximate surface area is 152 Å². The first-order valence-corrected chi connectivity index (χ1v) is 8.62. The van der Waals surface area contributed by atoms with E-state index in [2.05, 4.69) is 5.32 Å². The lowest BCUT2D eigenvalue weighted by Crippen LogP contribution is -2.42. The molecule has 0 aromatic heterocycles. The molecule has 3 rings (SSSR count). The van der Waals surface area contributed by atoms with Crippen LogP contribution >= 0.6 is 11.6 Å². The van der Waals surface area contributed by atoms with Gasteiger partial charge in [0, 0.05) is 17.8 Å². The highest BCUT2D eigenvalue weighted by atomic mass is 35.5. The van der Waals surface area contributed by atoms with Gasteiger partial charge in [0.2, 0.25) is 5.91 Å². The molecular weight excluding hydrogens is 340 g/mol. The van der Waals surface area contributed by atoms with Crippen LogP contribution in [0.1, 0.15) is 13.3 Å². The van der Waals surface area contributed by atoms with Crippen molar-refractivity contribution in [2.75, 3.05) is 30.5 Å². The number of hydrogen-bond donors (Lipinski definition) is 1. The molecule has 0 saturated heterocycles. The van der Waals surface area contributed by atoms with Crippen LogP contribution in [-0.2, 0) is 4.79 Å². The van der Waals surface area contributed by atoms with Gasteiger partial charge in [-0.3, -0.25) is 4.79 Å². The molecule has 2 aromatic carbocycles. The van der Waals surface area contributed by atoms with E-state index in [9.17, 15) is 4.79 Å². The molecule has 1 aliphatic rings. The van der Waals surface area contributed by atoms with Crippen molar-refractivity contribution in [1.29, 1.82) is 0 Å². The molecular formula is C19H21ClN2O3. The largest absolute Gasteiger partial charge is 0.494 e. The Hall–Kier alpha value is -2.40. The van der Waals surface area contributed by atoms with E-state index >= 15 is 0 Å². The number of rotatable bonds is 5. The van der Waals surface area contributed by atoms with E-state index in [1.807, 2.05) is 55.3 Å². The molecule has 0 radical (unpaired) electrons. The summed E-state index contributed by atoms with van der Waals surface area (Å²) in [6.07, 6.45) is 0.329. The minimum atomic E-state index is -0.0601. The Morgan fingerprint density at radius 3 is 2.80 bits per heavy atom. The second-order valence-corrected chi connectivity index (χ2v) is 6.33. The van der Waals surface area contributed by atoms with Gasteiger partial charge in [-0.15, -0.1) is 0 Å². The van der Waals surface area contributed by atoms with Crippen LogP contribution in [0.2, 0.25) is 5.02 Å². The zero-order valence-corrected chi connectivity index (χ0v) is 15.0. The molecule has 25 heavy (non-hydrogen) atoms. The van der Waals surface area contributed by atoms with Crippen molar-refractivity contribution < 1.29 is 14.3 Å². The normalized spacial score (nSPS) is 16.0. The van der Waals surface area contributed by atoms with E-state index in [0.29, 0.717) is 24.7 Å². The first-order valence-electron chi connectivity index (χ1n) is 8.24. The first kappa shape index (κ1) is 17.4. The van der Waals surface area contributed by atoms with Gasteiger partial charge < -0.3 is 19.7 Å². The third-order valence-corrected chi connectivity index (χ3v) is 4.39. The molecule has 0 saturated carbocycles. The Kier molecular flexibility index (Phi) is 5.34. The van der Waals surface area contributed by atoms with Gasteiger partial charge in [-0.1, -0.05) is 11.6 Å². The standard InChI is InChI=1S/C19H21ClN2O3/c1-3-24-16-7-5-14(6-8-16)21-19(23)11-15-12-25-18-9-4-13(20)10-17(18)22(15)2/h4-10,15H,3,11-12H2,1-2H3,(H,21,23)/t15-/m0/s1. The Morgan fingerprint density at radius 1 is 1.32 bits per heavy atom. The molecule has 132 valence electrons. The maximum Gasteiger partial charge on any atom is 0.226 e. The number of halogens is 1. The Morgan fingerprint density at radius 2 is 2.08 bits per heavy atom. The molecule has 1 amide bonds. The van der Waals surface area contributed by atoms with Gasteiger partial charge in [-0.25, -0.2) is 0 Å². The fraction of sp³-hybridized carbons (Fsp3) is 0.316. The fourth-order valence-electron chi connectivity index (χ4n) is 2.81. The quantitative estimate of drug-likeness (QED) is 0.876. The summed E-state index contributed by atoms with van der Waals surface area (Å²) in [6.45, 7) is 3.01. The lowest BCUT2D eigenvalue weighted by molar-refractivity contribution is -0.116. The number of benzene rings is 2. The average molecular weight is 361 g/mol. The first-order chi connectivity index (χ1) is 12.1. The third kappa shape index (κ3) is 4.17. The van der Waals surface area contributed by atoms with Gasteiger partial charge in [0.1, 0.15) is 18.1 Å². The minimum absolute atomic E-state index is 0.0475. The molecule has 0 spiro atoms. The van der Waals surface area contributed by atoms with Crippen LogP contribution in [0.4, 0.5) is 11.4 Å². The van der Waals surface area contributed by atoms with E-state index < -0.39 is 0 Å². The molecule has 5 nitrogen and oxygen atoms in total. The molecule has 0 bridgehead atoms. The highest BCUT2D eigenvalue weighted by Crippen LogP contribution is 2.35. The molecule has 1 aliphatic heterocycles. The van der Waals surface area contributed by atoms with Crippen molar-refractivity contribution in [3.63, 3.8) is 0 Å². The molecule has 0 fully saturated rings. The Bertz CT molecular complexity index is 749. The van der Waals surface area contributed by atoms with Crippen LogP contribution in [0.25, 0.3) is 0 Å². The average Bonchev–Trinajstić information content (AvgIpc) is 2.60. The van der Waals surface area contributed by atoms with E-state index in [0.717, 1.165) is 22.9 Å². The van der Waals surface area contributed by atoms with Gasteiger partial charge in [-0.05, 0) is 49.4 Å². The van der Waals surface area contributed by atoms with Crippen LogP contribution in [0.3, 0.4) is 0 Å². The number of likely N-dealkylation sites (N-methyl/N-ethyl adjacent to an activating group) is 1. The molecule has 1 N–H and O–H groups in total. The van der Waals surface area contributed by atoms with Crippen molar-refractivity contribution in [2.24, 2.45) is 0 Å². The number of nitrogens with one attached hydrogen (secondary N) is 1. The molecule has 0 aliphatic carbocycles. The smallest absolute Gasteiger partial charge is 0.226 e. The second-order valence-electron chi connectivity index (χ2n) is 5.90. The van der Waals surface area contributed by atoms with E-state index in [1.165, 1.54) is 0 Å². The number of carbonyl (C=O) groups is 1.